The molecule has 0 aliphatic heterocycles. The molecule has 102 valence electrons. The SMILES string of the molecule is Cc1cc(C(C)C)cc(C2(N=C=O)CCCC2)c1C. The quantitative estimate of drug-likeness (QED) is 0.577. The molecule has 1 aromatic carbocycles. The van der Waals surface area contributed by atoms with Crippen LogP contribution in [-0.4, -0.2) is 6.08 Å². The fourth-order valence-electron chi connectivity index (χ4n) is 3.19. The number of nitrogens with zero attached hydrogens (tertiary/aromatic N) is 1. The van der Waals surface area contributed by atoms with Gasteiger partial charge in [0.2, 0.25) is 6.08 Å². The summed E-state index contributed by atoms with van der Waals surface area (Å²) in [5.41, 5.74) is 4.86. The summed E-state index contributed by atoms with van der Waals surface area (Å²) in [6, 6.07) is 4.52. The molecule has 0 aromatic heterocycles. The van der Waals surface area contributed by atoms with E-state index in [1.165, 1.54) is 22.3 Å². The highest BCUT2D eigenvalue weighted by molar-refractivity contribution is 5.46. The normalized spacial score (nSPS) is 17.5. The summed E-state index contributed by atoms with van der Waals surface area (Å²) in [5, 5.41) is 0. The van der Waals surface area contributed by atoms with Crippen molar-refractivity contribution in [3.63, 3.8) is 0 Å². The topological polar surface area (TPSA) is 29.4 Å². The number of aliphatic imine (C=N–C) groups is 1. The zero-order valence-corrected chi connectivity index (χ0v) is 12.4. The molecule has 1 aliphatic carbocycles. The largest absolute Gasteiger partial charge is 0.235 e. The third kappa shape index (κ3) is 2.50. The minimum atomic E-state index is -0.304. The number of benzene rings is 1. The van der Waals surface area contributed by atoms with E-state index < -0.39 is 0 Å². The van der Waals surface area contributed by atoms with Gasteiger partial charge in [-0.25, -0.2) is 4.79 Å². The van der Waals surface area contributed by atoms with Crippen molar-refractivity contribution in [1.82, 2.24) is 0 Å². The van der Waals surface area contributed by atoms with Gasteiger partial charge in [-0.2, -0.15) is 4.99 Å². The summed E-state index contributed by atoms with van der Waals surface area (Å²) in [5.74, 6) is 0.497. The van der Waals surface area contributed by atoms with Crippen molar-refractivity contribution in [2.75, 3.05) is 0 Å². The van der Waals surface area contributed by atoms with Gasteiger partial charge >= 0.3 is 0 Å². The molecule has 1 saturated carbocycles. The molecule has 1 fully saturated rings. The summed E-state index contributed by atoms with van der Waals surface area (Å²) >= 11 is 0. The van der Waals surface area contributed by atoms with Crippen LogP contribution in [0.1, 0.15) is 67.7 Å². The smallest absolute Gasteiger partial charge is 0.211 e. The number of aryl methyl sites for hydroxylation is 1. The van der Waals surface area contributed by atoms with Gasteiger partial charge in [0.1, 0.15) is 0 Å². The van der Waals surface area contributed by atoms with Crippen molar-refractivity contribution in [3.8, 4) is 0 Å². The van der Waals surface area contributed by atoms with E-state index in [0.29, 0.717) is 5.92 Å². The molecular formula is C17H23NO. The minimum absolute atomic E-state index is 0.304. The lowest BCUT2D eigenvalue weighted by Gasteiger charge is -2.27. The van der Waals surface area contributed by atoms with E-state index in [1.54, 1.807) is 0 Å². The molecule has 0 N–H and O–H groups in total. The lowest BCUT2D eigenvalue weighted by Crippen LogP contribution is -2.21. The number of isocyanates is 1. The molecule has 0 unspecified atom stereocenters. The Bertz CT molecular complexity index is 518. The summed E-state index contributed by atoms with van der Waals surface area (Å²) in [6.07, 6.45) is 6.07. The van der Waals surface area contributed by atoms with E-state index in [-0.39, 0.29) is 5.54 Å². The van der Waals surface area contributed by atoms with E-state index >= 15 is 0 Å². The van der Waals surface area contributed by atoms with Crippen molar-refractivity contribution < 1.29 is 4.79 Å². The van der Waals surface area contributed by atoms with Gasteiger partial charge in [-0.1, -0.05) is 38.8 Å². The van der Waals surface area contributed by atoms with Crippen LogP contribution in [0.5, 0.6) is 0 Å². The monoisotopic (exact) mass is 257 g/mol. The van der Waals surface area contributed by atoms with Gasteiger partial charge in [-0.15, -0.1) is 0 Å². The predicted octanol–water partition coefficient (Wildman–Crippen LogP) is 4.53. The van der Waals surface area contributed by atoms with E-state index in [0.717, 1.165) is 25.7 Å². The van der Waals surface area contributed by atoms with Gasteiger partial charge in [0.05, 0.1) is 5.54 Å². The van der Waals surface area contributed by atoms with Crippen LogP contribution in [0.3, 0.4) is 0 Å². The lowest BCUT2D eigenvalue weighted by molar-refractivity contribution is 0.452. The van der Waals surface area contributed by atoms with Crippen LogP contribution >= 0.6 is 0 Å². The van der Waals surface area contributed by atoms with Crippen molar-refractivity contribution >= 4 is 6.08 Å². The maximum Gasteiger partial charge on any atom is 0.235 e. The number of carbonyl (C=O) groups excluding carboxylic acids is 1. The number of rotatable bonds is 3. The van der Waals surface area contributed by atoms with Crippen LogP contribution in [0.15, 0.2) is 17.1 Å². The maximum absolute atomic E-state index is 10.9. The Morgan fingerprint density at radius 2 is 1.84 bits per heavy atom. The molecule has 2 rings (SSSR count). The van der Waals surface area contributed by atoms with Crippen LogP contribution in [0, 0.1) is 13.8 Å². The van der Waals surface area contributed by atoms with Crippen LogP contribution in [0.25, 0.3) is 0 Å². The van der Waals surface area contributed by atoms with Crippen molar-refractivity contribution in [2.45, 2.75) is 64.8 Å². The molecule has 0 spiro atoms. The molecule has 0 radical (unpaired) electrons. The molecule has 2 nitrogen and oxygen atoms in total. The molecule has 0 heterocycles. The highest BCUT2D eigenvalue weighted by Gasteiger charge is 2.37. The van der Waals surface area contributed by atoms with Gasteiger partial charge in [0, 0.05) is 0 Å². The van der Waals surface area contributed by atoms with E-state index in [4.69, 9.17) is 0 Å². The molecule has 0 amide bonds. The average molecular weight is 257 g/mol. The fourth-order valence-corrected chi connectivity index (χ4v) is 3.19. The zero-order valence-electron chi connectivity index (χ0n) is 12.4. The van der Waals surface area contributed by atoms with Crippen molar-refractivity contribution in [2.24, 2.45) is 4.99 Å². The van der Waals surface area contributed by atoms with Crippen LogP contribution in [0.4, 0.5) is 0 Å². The maximum atomic E-state index is 10.9. The highest BCUT2D eigenvalue weighted by Crippen LogP contribution is 2.44. The second kappa shape index (κ2) is 5.30. The fraction of sp³-hybridized carbons (Fsp3) is 0.588. The molecular weight excluding hydrogens is 234 g/mol. The molecule has 1 aromatic rings. The molecule has 0 atom stereocenters. The minimum Gasteiger partial charge on any atom is -0.211 e. The zero-order chi connectivity index (χ0) is 14.0. The van der Waals surface area contributed by atoms with Gasteiger partial charge in [-0.3, -0.25) is 0 Å². The van der Waals surface area contributed by atoms with Crippen LogP contribution in [0.2, 0.25) is 0 Å². The number of hydrogen-bond acceptors (Lipinski definition) is 2. The van der Waals surface area contributed by atoms with E-state index in [9.17, 15) is 4.79 Å². The molecule has 1 aliphatic rings. The predicted molar refractivity (Wildman–Crippen MR) is 78.3 cm³/mol. The summed E-state index contributed by atoms with van der Waals surface area (Å²) in [4.78, 5) is 15.1. The van der Waals surface area contributed by atoms with Gasteiger partial charge in [-0.05, 0) is 54.9 Å². The Morgan fingerprint density at radius 3 is 2.37 bits per heavy atom. The van der Waals surface area contributed by atoms with Crippen LogP contribution in [-0.2, 0) is 10.3 Å². The number of hydrogen-bond donors (Lipinski definition) is 0. The first-order valence-electron chi connectivity index (χ1n) is 7.21. The first kappa shape index (κ1) is 14.0. The van der Waals surface area contributed by atoms with Crippen LogP contribution < -0.4 is 0 Å². The Balaban J connectivity index is 2.62. The highest BCUT2D eigenvalue weighted by atomic mass is 16.1. The summed E-state index contributed by atoms with van der Waals surface area (Å²) < 4.78 is 0. The molecule has 2 heteroatoms. The molecule has 19 heavy (non-hydrogen) atoms. The van der Waals surface area contributed by atoms with Crippen molar-refractivity contribution in [3.05, 3.63) is 34.4 Å². The molecule has 0 saturated heterocycles. The standard InChI is InChI=1S/C17H23NO/c1-12(2)15-9-13(3)14(4)16(10-15)17(18-11-19)7-5-6-8-17/h9-10,12H,5-8H2,1-4H3. The van der Waals surface area contributed by atoms with Gasteiger partial charge < -0.3 is 0 Å². The van der Waals surface area contributed by atoms with Gasteiger partial charge in [0.25, 0.3) is 0 Å². The first-order valence-corrected chi connectivity index (χ1v) is 7.21. The average Bonchev–Trinajstić information content (AvgIpc) is 2.82. The van der Waals surface area contributed by atoms with E-state index in [2.05, 4.69) is 44.8 Å². The third-order valence-electron chi connectivity index (χ3n) is 4.55. The Hall–Kier alpha value is -1.40. The van der Waals surface area contributed by atoms with E-state index in [1.807, 2.05) is 6.08 Å². The van der Waals surface area contributed by atoms with Crippen molar-refractivity contribution in [1.29, 1.82) is 0 Å². The second-order valence-corrected chi connectivity index (χ2v) is 6.11. The second-order valence-electron chi connectivity index (χ2n) is 6.11. The lowest BCUT2D eigenvalue weighted by atomic mass is 9.82. The Morgan fingerprint density at radius 1 is 1.21 bits per heavy atom. The Labute approximate surface area is 115 Å². The summed E-state index contributed by atoms with van der Waals surface area (Å²) in [7, 11) is 0. The summed E-state index contributed by atoms with van der Waals surface area (Å²) in [6.45, 7) is 8.71. The third-order valence-corrected chi connectivity index (χ3v) is 4.55. The Kier molecular flexibility index (Phi) is 3.91. The van der Waals surface area contributed by atoms with Gasteiger partial charge in [0.15, 0.2) is 0 Å². The first-order chi connectivity index (χ1) is 9.00. The molecule has 0 bridgehead atoms.